The van der Waals surface area contributed by atoms with Crippen LogP contribution >= 0.6 is 0 Å². The van der Waals surface area contributed by atoms with Crippen LogP contribution in [0.4, 0.5) is 0 Å². The van der Waals surface area contributed by atoms with Crippen molar-refractivity contribution < 1.29 is 9.53 Å². The molecule has 0 amide bonds. The number of hydrogen-bond acceptors (Lipinski definition) is 2. The van der Waals surface area contributed by atoms with Crippen LogP contribution in [0.3, 0.4) is 0 Å². The van der Waals surface area contributed by atoms with Crippen LogP contribution in [0.2, 0.25) is 0 Å². The highest BCUT2D eigenvalue weighted by molar-refractivity contribution is 5.85. The fourth-order valence-corrected chi connectivity index (χ4v) is 11.1. The molecule has 5 aliphatic rings. The summed E-state index contributed by atoms with van der Waals surface area (Å²) in [7, 11) is 1.92. The van der Waals surface area contributed by atoms with E-state index in [0.29, 0.717) is 34.1 Å². The fraction of sp³-hybridized carbons (Fsp3) is 0.903. The average Bonchev–Trinajstić information content (AvgIpc) is 2.88. The number of ketones is 1. The fourth-order valence-electron chi connectivity index (χ4n) is 11.1. The summed E-state index contributed by atoms with van der Waals surface area (Å²) < 4.78 is 6.01. The molecule has 33 heavy (non-hydrogen) atoms. The zero-order chi connectivity index (χ0) is 24.0. The summed E-state index contributed by atoms with van der Waals surface area (Å²) in [6, 6.07) is 0. The molecule has 0 bridgehead atoms. The summed E-state index contributed by atoms with van der Waals surface area (Å²) in [6.45, 7) is 17.4. The van der Waals surface area contributed by atoms with E-state index in [-0.39, 0.29) is 10.8 Å². The van der Waals surface area contributed by atoms with E-state index in [2.05, 4.69) is 48.5 Å². The van der Waals surface area contributed by atoms with Crippen molar-refractivity contribution in [1.82, 2.24) is 0 Å². The maximum Gasteiger partial charge on any atom is 0.138 e. The highest BCUT2D eigenvalue weighted by atomic mass is 16.5. The summed E-state index contributed by atoms with van der Waals surface area (Å²) in [6.07, 6.45) is 14.0. The van der Waals surface area contributed by atoms with Gasteiger partial charge in [0.15, 0.2) is 0 Å². The highest BCUT2D eigenvalue weighted by Crippen LogP contribution is 2.69. The second-order valence-electron chi connectivity index (χ2n) is 14.8. The summed E-state index contributed by atoms with van der Waals surface area (Å²) >= 11 is 0. The van der Waals surface area contributed by atoms with E-state index >= 15 is 0 Å². The van der Waals surface area contributed by atoms with Crippen molar-refractivity contribution in [3.8, 4) is 0 Å². The largest absolute Gasteiger partial charge is 0.381 e. The SMILES string of the molecule is CO[C@H]1CC[C@]2(C)C3=C(CC[C@H]2C1(C)C)C[C@]1(C)CC[C@@H]2C(C)(C)C(=O)CC[C@]2(C)[C@H]1CC3. The number of ether oxygens (including phenoxy) is 1. The van der Waals surface area contributed by atoms with Crippen LogP contribution in [-0.4, -0.2) is 19.0 Å². The molecule has 7 atom stereocenters. The molecule has 0 unspecified atom stereocenters. The Morgan fingerprint density at radius 3 is 2.15 bits per heavy atom. The average molecular weight is 455 g/mol. The van der Waals surface area contributed by atoms with Gasteiger partial charge in [-0.15, -0.1) is 0 Å². The maximum atomic E-state index is 12.9. The second kappa shape index (κ2) is 7.44. The number of allylic oxidation sites excluding steroid dienone is 2. The third-order valence-corrected chi connectivity index (χ3v) is 12.8. The van der Waals surface area contributed by atoms with Gasteiger partial charge >= 0.3 is 0 Å². The Labute approximate surface area is 203 Å². The predicted octanol–water partition coefficient (Wildman–Crippen LogP) is 8.15. The number of hydrogen-bond donors (Lipinski definition) is 0. The summed E-state index contributed by atoms with van der Waals surface area (Å²) in [4.78, 5) is 12.9. The molecule has 3 fully saturated rings. The molecule has 0 radical (unpaired) electrons. The Morgan fingerprint density at radius 1 is 0.758 bits per heavy atom. The van der Waals surface area contributed by atoms with Gasteiger partial charge in [-0.1, -0.05) is 59.6 Å². The molecule has 2 nitrogen and oxygen atoms in total. The predicted molar refractivity (Wildman–Crippen MR) is 136 cm³/mol. The Hall–Kier alpha value is -0.630. The first-order valence-electron chi connectivity index (χ1n) is 14.1. The molecule has 0 aromatic rings. The van der Waals surface area contributed by atoms with Gasteiger partial charge < -0.3 is 4.74 Å². The molecule has 0 aliphatic heterocycles. The van der Waals surface area contributed by atoms with Crippen LogP contribution in [0.1, 0.15) is 119 Å². The lowest BCUT2D eigenvalue weighted by atomic mass is 9.42. The van der Waals surface area contributed by atoms with Gasteiger partial charge in [0.1, 0.15) is 5.78 Å². The quantitative estimate of drug-likeness (QED) is 0.374. The maximum absolute atomic E-state index is 12.9. The van der Waals surface area contributed by atoms with Crippen LogP contribution in [0, 0.1) is 44.8 Å². The molecule has 3 saturated carbocycles. The minimum Gasteiger partial charge on any atom is -0.381 e. The molecule has 186 valence electrons. The van der Waals surface area contributed by atoms with Gasteiger partial charge in [-0.05, 0) is 104 Å². The van der Waals surface area contributed by atoms with Gasteiger partial charge in [0.2, 0.25) is 0 Å². The van der Waals surface area contributed by atoms with Gasteiger partial charge in [0.05, 0.1) is 6.10 Å². The molecule has 0 saturated heterocycles. The molecule has 2 heteroatoms. The number of Topliss-reactive ketones (excluding diaryl/α,β-unsaturated/α-hetero) is 1. The summed E-state index contributed by atoms with van der Waals surface area (Å²) in [5.74, 6) is 2.54. The number of methoxy groups -OCH3 is 1. The first-order chi connectivity index (χ1) is 15.3. The van der Waals surface area contributed by atoms with E-state index in [4.69, 9.17) is 4.74 Å². The zero-order valence-electron chi connectivity index (χ0n) is 22.9. The monoisotopic (exact) mass is 454 g/mol. The van der Waals surface area contributed by atoms with Crippen LogP contribution in [0.5, 0.6) is 0 Å². The van der Waals surface area contributed by atoms with E-state index in [1.54, 1.807) is 0 Å². The molecule has 5 aliphatic carbocycles. The first kappa shape index (κ1) is 24.1. The van der Waals surface area contributed by atoms with Crippen molar-refractivity contribution in [1.29, 1.82) is 0 Å². The van der Waals surface area contributed by atoms with E-state index in [0.717, 1.165) is 24.7 Å². The molecule has 0 aromatic heterocycles. The summed E-state index contributed by atoms with van der Waals surface area (Å²) in [5.41, 5.74) is 4.87. The lowest BCUT2D eigenvalue weighted by Gasteiger charge is -2.62. The minimum absolute atomic E-state index is 0.146. The van der Waals surface area contributed by atoms with Crippen molar-refractivity contribution in [2.45, 2.75) is 125 Å². The van der Waals surface area contributed by atoms with Crippen molar-refractivity contribution in [3.63, 3.8) is 0 Å². The number of carbonyl (C=O) groups is 1. The van der Waals surface area contributed by atoms with Crippen LogP contribution in [0.15, 0.2) is 11.1 Å². The molecule has 5 rings (SSSR count). The Kier molecular flexibility index (Phi) is 5.43. The number of rotatable bonds is 1. The Morgan fingerprint density at radius 2 is 1.45 bits per heavy atom. The number of carbonyl (C=O) groups excluding carboxylic acids is 1. The van der Waals surface area contributed by atoms with Gasteiger partial charge in [-0.3, -0.25) is 4.79 Å². The van der Waals surface area contributed by atoms with Crippen LogP contribution < -0.4 is 0 Å². The highest BCUT2D eigenvalue weighted by Gasteiger charge is 2.62. The first-order valence-corrected chi connectivity index (χ1v) is 14.1. The third-order valence-electron chi connectivity index (χ3n) is 12.8. The second-order valence-corrected chi connectivity index (χ2v) is 14.8. The van der Waals surface area contributed by atoms with Crippen molar-refractivity contribution >= 4 is 5.78 Å². The molecule has 0 heterocycles. The van der Waals surface area contributed by atoms with Crippen LogP contribution in [-0.2, 0) is 9.53 Å². The molecular formula is C31H50O2. The van der Waals surface area contributed by atoms with Crippen molar-refractivity contribution in [3.05, 3.63) is 11.1 Å². The zero-order valence-corrected chi connectivity index (χ0v) is 22.9. The third kappa shape index (κ3) is 3.17. The molecule has 0 aromatic carbocycles. The van der Waals surface area contributed by atoms with Crippen molar-refractivity contribution in [2.24, 2.45) is 44.8 Å². The summed E-state index contributed by atoms with van der Waals surface area (Å²) in [5, 5.41) is 0. The molecular weight excluding hydrogens is 404 g/mol. The lowest BCUT2D eigenvalue weighted by molar-refractivity contribution is -0.159. The van der Waals surface area contributed by atoms with Gasteiger partial charge in [0, 0.05) is 18.9 Å². The standard InChI is InChI=1S/C31H50O2/c1-27(2)23-13-16-29(5)19-20-9-11-22-28(3,4)26(33-8)15-18-30(22,6)21(20)10-12-24(29)31(23,7)17-14-25(27)32/h22-24,26H,9-19H2,1-8H3/t22-,23+,24-,26-,29-,30+,31-/m0/s1. The van der Waals surface area contributed by atoms with Gasteiger partial charge in [0.25, 0.3) is 0 Å². The molecule has 0 N–H and O–H groups in total. The van der Waals surface area contributed by atoms with E-state index in [1.165, 1.54) is 57.8 Å². The minimum atomic E-state index is -0.146. The lowest BCUT2D eigenvalue weighted by Crippen LogP contribution is -2.57. The van der Waals surface area contributed by atoms with Crippen molar-refractivity contribution in [2.75, 3.05) is 7.11 Å². The van der Waals surface area contributed by atoms with Gasteiger partial charge in [-0.2, -0.15) is 0 Å². The topological polar surface area (TPSA) is 26.3 Å². The van der Waals surface area contributed by atoms with E-state index in [9.17, 15) is 4.79 Å². The normalized spacial score (nSPS) is 48.8. The van der Waals surface area contributed by atoms with Crippen LogP contribution in [0.25, 0.3) is 0 Å². The molecule has 0 spiro atoms. The van der Waals surface area contributed by atoms with Gasteiger partial charge in [-0.25, -0.2) is 0 Å². The van der Waals surface area contributed by atoms with E-state index < -0.39 is 0 Å². The smallest absolute Gasteiger partial charge is 0.138 e. The van der Waals surface area contributed by atoms with E-state index in [1.807, 2.05) is 18.3 Å². The Balaban J connectivity index is 1.50. The number of fused-ring (bicyclic) bond motifs is 5. The Bertz CT molecular complexity index is 864.